The van der Waals surface area contributed by atoms with Crippen LogP contribution < -0.4 is 5.32 Å². The third kappa shape index (κ3) is 6.93. The molecule has 0 aliphatic heterocycles. The fourth-order valence-electron chi connectivity index (χ4n) is 1.93. The van der Waals surface area contributed by atoms with Crippen molar-refractivity contribution in [3.8, 4) is 0 Å². The molecule has 0 aliphatic carbocycles. The van der Waals surface area contributed by atoms with E-state index in [1.54, 1.807) is 12.1 Å². The third-order valence-electron chi connectivity index (χ3n) is 3.00. The van der Waals surface area contributed by atoms with E-state index >= 15 is 0 Å². The van der Waals surface area contributed by atoms with E-state index in [9.17, 15) is 8.42 Å². The molecular formula is C14H21Cl2NO2S. The van der Waals surface area contributed by atoms with Gasteiger partial charge in [0, 0.05) is 22.3 Å². The number of halogens is 2. The summed E-state index contributed by atoms with van der Waals surface area (Å²) in [6.45, 7) is 2.94. The molecule has 1 N–H and O–H groups in total. The first kappa shape index (κ1) is 17.8. The first-order chi connectivity index (χ1) is 9.31. The summed E-state index contributed by atoms with van der Waals surface area (Å²) in [6.07, 6.45) is 3.55. The summed E-state index contributed by atoms with van der Waals surface area (Å²) in [5, 5.41) is 4.61. The van der Waals surface area contributed by atoms with E-state index < -0.39 is 9.84 Å². The Hall–Kier alpha value is -0.290. The Morgan fingerprint density at radius 1 is 1.30 bits per heavy atom. The largest absolute Gasteiger partial charge is 0.314 e. The minimum atomic E-state index is -2.95. The van der Waals surface area contributed by atoms with Gasteiger partial charge < -0.3 is 5.32 Å². The van der Waals surface area contributed by atoms with Crippen molar-refractivity contribution in [3.05, 3.63) is 33.8 Å². The average molecular weight is 338 g/mol. The standard InChI is InChI=1S/C14H21Cl2NO2S/c1-3-7-17-13(6-8-20(2,18)19)9-11-4-5-12(15)10-14(11)16/h4-5,10,13,17H,3,6-9H2,1-2H3. The lowest BCUT2D eigenvalue weighted by atomic mass is 10.0. The maximum Gasteiger partial charge on any atom is 0.147 e. The van der Waals surface area contributed by atoms with Crippen LogP contribution in [-0.2, 0) is 16.3 Å². The lowest BCUT2D eigenvalue weighted by Crippen LogP contribution is -2.33. The van der Waals surface area contributed by atoms with E-state index in [4.69, 9.17) is 23.2 Å². The quantitative estimate of drug-likeness (QED) is 0.791. The third-order valence-corrected chi connectivity index (χ3v) is 4.57. The number of rotatable bonds is 8. The maximum absolute atomic E-state index is 11.3. The van der Waals surface area contributed by atoms with Crippen LogP contribution in [0.4, 0.5) is 0 Å². The molecule has 1 rings (SSSR count). The number of benzene rings is 1. The Labute approximate surface area is 131 Å². The summed E-state index contributed by atoms with van der Waals surface area (Å²) < 4.78 is 22.6. The Balaban J connectivity index is 2.72. The second-order valence-corrected chi connectivity index (χ2v) is 8.11. The van der Waals surface area contributed by atoms with Crippen molar-refractivity contribution in [1.82, 2.24) is 5.32 Å². The van der Waals surface area contributed by atoms with Gasteiger partial charge in [-0.1, -0.05) is 36.2 Å². The van der Waals surface area contributed by atoms with Gasteiger partial charge in [-0.05, 0) is 43.5 Å². The van der Waals surface area contributed by atoms with Crippen molar-refractivity contribution < 1.29 is 8.42 Å². The van der Waals surface area contributed by atoms with Crippen molar-refractivity contribution in [2.45, 2.75) is 32.2 Å². The normalized spacial score (nSPS) is 13.4. The van der Waals surface area contributed by atoms with Gasteiger partial charge in [0.05, 0.1) is 5.75 Å². The van der Waals surface area contributed by atoms with Crippen LogP contribution in [0.1, 0.15) is 25.3 Å². The second-order valence-electron chi connectivity index (χ2n) is 5.01. The van der Waals surface area contributed by atoms with Gasteiger partial charge in [-0.15, -0.1) is 0 Å². The van der Waals surface area contributed by atoms with Crippen molar-refractivity contribution in [1.29, 1.82) is 0 Å². The van der Waals surface area contributed by atoms with Gasteiger partial charge in [0.25, 0.3) is 0 Å². The summed E-state index contributed by atoms with van der Waals surface area (Å²) in [5.41, 5.74) is 0.984. The van der Waals surface area contributed by atoms with Gasteiger partial charge in [0.1, 0.15) is 9.84 Å². The molecule has 0 radical (unpaired) electrons. The van der Waals surface area contributed by atoms with E-state index in [1.807, 2.05) is 6.07 Å². The molecule has 0 bridgehead atoms. The molecule has 1 atom stereocenters. The van der Waals surface area contributed by atoms with E-state index in [0.29, 0.717) is 22.9 Å². The van der Waals surface area contributed by atoms with Gasteiger partial charge in [0.2, 0.25) is 0 Å². The highest BCUT2D eigenvalue weighted by Crippen LogP contribution is 2.22. The molecule has 0 fully saturated rings. The molecule has 20 heavy (non-hydrogen) atoms. The molecule has 0 spiro atoms. The number of nitrogens with one attached hydrogen (secondary N) is 1. The second kappa shape index (κ2) is 8.23. The molecule has 0 aliphatic rings. The molecule has 0 amide bonds. The average Bonchev–Trinajstić information content (AvgIpc) is 2.34. The van der Waals surface area contributed by atoms with Crippen LogP contribution in [0.25, 0.3) is 0 Å². The SMILES string of the molecule is CCCNC(CCS(C)(=O)=O)Cc1ccc(Cl)cc1Cl. The summed E-state index contributed by atoms with van der Waals surface area (Å²) in [6, 6.07) is 5.51. The Morgan fingerprint density at radius 2 is 2.00 bits per heavy atom. The van der Waals surface area contributed by atoms with Crippen molar-refractivity contribution in [3.63, 3.8) is 0 Å². The minimum absolute atomic E-state index is 0.100. The molecule has 1 aromatic rings. The van der Waals surface area contributed by atoms with Gasteiger partial charge in [0.15, 0.2) is 0 Å². The van der Waals surface area contributed by atoms with Crippen molar-refractivity contribution in [2.24, 2.45) is 0 Å². The highest BCUT2D eigenvalue weighted by Gasteiger charge is 2.14. The lowest BCUT2D eigenvalue weighted by Gasteiger charge is -2.19. The first-order valence-electron chi connectivity index (χ1n) is 6.67. The highest BCUT2D eigenvalue weighted by molar-refractivity contribution is 7.90. The van der Waals surface area contributed by atoms with Crippen LogP contribution >= 0.6 is 23.2 Å². The predicted molar refractivity (Wildman–Crippen MR) is 86.6 cm³/mol. The molecule has 1 aromatic carbocycles. The fourth-order valence-corrected chi connectivity index (χ4v) is 3.13. The predicted octanol–water partition coefficient (Wildman–Crippen LogP) is 3.34. The summed E-state index contributed by atoms with van der Waals surface area (Å²) in [7, 11) is -2.95. The highest BCUT2D eigenvalue weighted by atomic mass is 35.5. The number of hydrogen-bond donors (Lipinski definition) is 1. The van der Waals surface area contributed by atoms with Crippen LogP contribution in [0.3, 0.4) is 0 Å². The Morgan fingerprint density at radius 3 is 2.55 bits per heavy atom. The summed E-state index contributed by atoms with van der Waals surface area (Å²) in [4.78, 5) is 0. The van der Waals surface area contributed by atoms with Crippen LogP contribution in [0.2, 0.25) is 10.0 Å². The number of sulfone groups is 1. The smallest absolute Gasteiger partial charge is 0.147 e. The molecule has 1 unspecified atom stereocenters. The molecule has 0 saturated carbocycles. The van der Waals surface area contributed by atoms with Crippen molar-refractivity contribution in [2.75, 3.05) is 18.6 Å². The molecule has 0 aromatic heterocycles. The molecular weight excluding hydrogens is 317 g/mol. The van der Waals surface area contributed by atoms with E-state index in [0.717, 1.165) is 18.5 Å². The minimum Gasteiger partial charge on any atom is -0.314 e. The summed E-state index contributed by atoms with van der Waals surface area (Å²) >= 11 is 12.0. The van der Waals surface area contributed by atoms with Gasteiger partial charge >= 0.3 is 0 Å². The van der Waals surface area contributed by atoms with E-state index in [2.05, 4.69) is 12.2 Å². The van der Waals surface area contributed by atoms with Crippen LogP contribution in [0, 0.1) is 0 Å². The van der Waals surface area contributed by atoms with E-state index in [-0.39, 0.29) is 11.8 Å². The first-order valence-corrected chi connectivity index (χ1v) is 9.48. The lowest BCUT2D eigenvalue weighted by molar-refractivity contribution is 0.492. The molecule has 0 heterocycles. The van der Waals surface area contributed by atoms with Gasteiger partial charge in [-0.3, -0.25) is 0 Å². The summed E-state index contributed by atoms with van der Waals surface area (Å²) in [5.74, 6) is 0.180. The van der Waals surface area contributed by atoms with Crippen molar-refractivity contribution >= 4 is 33.0 Å². The number of hydrogen-bond acceptors (Lipinski definition) is 3. The Bertz CT molecular complexity index is 532. The monoisotopic (exact) mass is 337 g/mol. The zero-order valence-electron chi connectivity index (χ0n) is 11.8. The van der Waals surface area contributed by atoms with Crippen LogP contribution in [0.15, 0.2) is 18.2 Å². The van der Waals surface area contributed by atoms with Crippen LogP contribution in [-0.4, -0.2) is 33.0 Å². The zero-order valence-corrected chi connectivity index (χ0v) is 14.2. The van der Waals surface area contributed by atoms with E-state index in [1.165, 1.54) is 6.26 Å². The maximum atomic E-state index is 11.3. The molecule has 6 heteroatoms. The van der Waals surface area contributed by atoms with Gasteiger partial charge in [-0.2, -0.15) is 0 Å². The molecule has 3 nitrogen and oxygen atoms in total. The molecule has 114 valence electrons. The van der Waals surface area contributed by atoms with Gasteiger partial charge in [-0.25, -0.2) is 8.42 Å². The zero-order chi connectivity index (χ0) is 15.2. The topological polar surface area (TPSA) is 46.2 Å². The van der Waals surface area contributed by atoms with Crippen LogP contribution in [0.5, 0.6) is 0 Å². The fraction of sp³-hybridized carbons (Fsp3) is 0.571. The molecule has 0 saturated heterocycles. The Kier molecular flexibility index (Phi) is 7.30.